The van der Waals surface area contributed by atoms with Gasteiger partial charge in [0, 0.05) is 25.7 Å². The van der Waals surface area contributed by atoms with Crippen molar-refractivity contribution in [3.63, 3.8) is 0 Å². The zero-order valence-corrected chi connectivity index (χ0v) is 10.4. The molecule has 1 fully saturated rings. The number of nitrogens with one attached hydrogen (secondary N) is 1. The monoisotopic (exact) mass is 221 g/mol. The summed E-state index contributed by atoms with van der Waals surface area (Å²) in [5, 5.41) is 8.11. The predicted molar refractivity (Wildman–Crippen MR) is 66.3 cm³/mol. The quantitative estimate of drug-likeness (QED) is 0.764. The Balaban J connectivity index is 1.84. The number of hydrogen-bond donors (Lipinski definition) is 1. The van der Waals surface area contributed by atoms with Gasteiger partial charge in [-0.15, -0.1) is 0 Å². The summed E-state index contributed by atoms with van der Waals surface area (Å²) in [7, 11) is 1.98. The SMILES string of the molecule is CCCNC(Cc1ccn(C)n1)CC1CC1. The van der Waals surface area contributed by atoms with Crippen LogP contribution in [0.2, 0.25) is 0 Å². The van der Waals surface area contributed by atoms with Crippen LogP contribution in [0.15, 0.2) is 12.3 Å². The van der Waals surface area contributed by atoms with Crippen LogP contribution in [-0.4, -0.2) is 22.4 Å². The van der Waals surface area contributed by atoms with Crippen molar-refractivity contribution in [1.29, 1.82) is 0 Å². The van der Waals surface area contributed by atoms with E-state index in [0.717, 1.165) is 18.9 Å². The zero-order chi connectivity index (χ0) is 11.4. The Morgan fingerprint density at radius 1 is 1.56 bits per heavy atom. The molecule has 0 aromatic carbocycles. The fourth-order valence-corrected chi connectivity index (χ4v) is 2.17. The lowest BCUT2D eigenvalue weighted by molar-refractivity contribution is 0.450. The minimum absolute atomic E-state index is 0.627. The van der Waals surface area contributed by atoms with Gasteiger partial charge in [0.15, 0.2) is 0 Å². The van der Waals surface area contributed by atoms with Crippen molar-refractivity contribution in [2.24, 2.45) is 13.0 Å². The van der Waals surface area contributed by atoms with Crippen LogP contribution in [0.3, 0.4) is 0 Å². The van der Waals surface area contributed by atoms with Crippen LogP contribution >= 0.6 is 0 Å². The first-order chi connectivity index (χ1) is 7.78. The highest BCUT2D eigenvalue weighted by Crippen LogP contribution is 2.34. The van der Waals surface area contributed by atoms with Gasteiger partial charge in [-0.25, -0.2) is 0 Å². The molecule has 3 heteroatoms. The Hall–Kier alpha value is -0.830. The smallest absolute Gasteiger partial charge is 0.0640 e. The molecular formula is C13H23N3. The summed E-state index contributed by atoms with van der Waals surface area (Å²) in [5.41, 5.74) is 1.22. The van der Waals surface area contributed by atoms with E-state index in [-0.39, 0.29) is 0 Å². The van der Waals surface area contributed by atoms with Gasteiger partial charge in [-0.05, 0) is 31.4 Å². The van der Waals surface area contributed by atoms with Gasteiger partial charge in [0.05, 0.1) is 5.69 Å². The highest BCUT2D eigenvalue weighted by atomic mass is 15.2. The molecular weight excluding hydrogens is 198 g/mol. The van der Waals surface area contributed by atoms with Gasteiger partial charge in [0.2, 0.25) is 0 Å². The molecule has 90 valence electrons. The zero-order valence-electron chi connectivity index (χ0n) is 10.4. The summed E-state index contributed by atoms with van der Waals surface area (Å²) in [6.45, 7) is 3.35. The Bertz CT molecular complexity index is 315. The van der Waals surface area contributed by atoms with Gasteiger partial charge in [-0.1, -0.05) is 19.8 Å². The topological polar surface area (TPSA) is 29.9 Å². The van der Waals surface area contributed by atoms with Crippen molar-refractivity contribution in [3.8, 4) is 0 Å². The van der Waals surface area contributed by atoms with Gasteiger partial charge in [-0.3, -0.25) is 4.68 Å². The maximum Gasteiger partial charge on any atom is 0.0640 e. The Morgan fingerprint density at radius 3 is 2.94 bits per heavy atom. The fourth-order valence-electron chi connectivity index (χ4n) is 2.17. The van der Waals surface area contributed by atoms with E-state index >= 15 is 0 Å². The molecule has 0 radical (unpaired) electrons. The van der Waals surface area contributed by atoms with Crippen molar-refractivity contribution in [2.45, 2.75) is 45.1 Å². The number of nitrogens with zero attached hydrogens (tertiary/aromatic N) is 2. The lowest BCUT2D eigenvalue weighted by Crippen LogP contribution is -2.32. The van der Waals surface area contributed by atoms with Crippen LogP contribution < -0.4 is 5.32 Å². The third kappa shape index (κ3) is 3.63. The van der Waals surface area contributed by atoms with Gasteiger partial charge in [0.25, 0.3) is 0 Å². The molecule has 1 aliphatic carbocycles. The molecule has 0 aliphatic heterocycles. The molecule has 3 nitrogen and oxygen atoms in total. The molecule has 0 spiro atoms. The van der Waals surface area contributed by atoms with E-state index in [1.165, 1.54) is 31.4 Å². The molecule has 1 heterocycles. The largest absolute Gasteiger partial charge is 0.314 e. The molecule has 1 unspecified atom stereocenters. The van der Waals surface area contributed by atoms with Crippen LogP contribution in [0.5, 0.6) is 0 Å². The van der Waals surface area contributed by atoms with E-state index in [1.807, 2.05) is 17.9 Å². The van der Waals surface area contributed by atoms with Crippen molar-refractivity contribution in [1.82, 2.24) is 15.1 Å². The lowest BCUT2D eigenvalue weighted by Gasteiger charge is -2.17. The van der Waals surface area contributed by atoms with Crippen LogP contribution in [0.4, 0.5) is 0 Å². The number of aryl methyl sites for hydroxylation is 1. The van der Waals surface area contributed by atoms with E-state index in [4.69, 9.17) is 0 Å². The van der Waals surface area contributed by atoms with Crippen molar-refractivity contribution < 1.29 is 0 Å². The molecule has 0 bridgehead atoms. The molecule has 1 atom stereocenters. The first-order valence-corrected chi connectivity index (χ1v) is 6.50. The van der Waals surface area contributed by atoms with Crippen molar-refractivity contribution >= 4 is 0 Å². The normalized spacial score (nSPS) is 17.6. The maximum atomic E-state index is 4.46. The molecule has 1 aromatic rings. The number of rotatable bonds is 7. The molecule has 0 amide bonds. The second kappa shape index (κ2) is 5.48. The Morgan fingerprint density at radius 2 is 2.38 bits per heavy atom. The summed E-state index contributed by atoms with van der Waals surface area (Å²) in [6.07, 6.45) is 8.53. The number of aromatic nitrogens is 2. The fraction of sp³-hybridized carbons (Fsp3) is 0.769. The second-order valence-corrected chi connectivity index (χ2v) is 5.01. The predicted octanol–water partition coefficient (Wildman–Crippen LogP) is 2.13. The highest BCUT2D eigenvalue weighted by Gasteiger charge is 2.25. The molecule has 16 heavy (non-hydrogen) atoms. The molecule has 0 saturated heterocycles. The summed E-state index contributed by atoms with van der Waals surface area (Å²) in [5.74, 6) is 0.984. The Labute approximate surface area is 98.2 Å². The maximum absolute atomic E-state index is 4.46. The van der Waals surface area contributed by atoms with Gasteiger partial charge in [-0.2, -0.15) is 5.10 Å². The highest BCUT2D eigenvalue weighted by molar-refractivity contribution is 5.02. The minimum Gasteiger partial charge on any atom is -0.314 e. The molecule has 1 N–H and O–H groups in total. The van der Waals surface area contributed by atoms with E-state index in [0.29, 0.717) is 6.04 Å². The minimum atomic E-state index is 0.627. The van der Waals surface area contributed by atoms with Gasteiger partial charge >= 0.3 is 0 Å². The van der Waals surface area contributed by atoms with E-state index < -0.39 is 0 Å². The average molecular weight is 221 g/mol. The first kappa shape index (κ1) is 11.6. The second-order valence-electron chi connectivity index (χ2n) is 5.01. The number of hydrogen-bond acceptors (Lipinski definition) is 2. The first-order valence-electron chi connectivity index (χ1n) is 6.50. The van der Waals surface area contributed by atoms with Crippen LogP contribution in [-0.2, 0) is 13.5 Å². The molecule has 1 saturated carbocycles. The molecule has 1 aliphatic rings. The summed E-state index contributed by atoms with van der Waals surface area (Å²) >= 11 is 0. The van der Waals surface area contributed by atoms with Crippen molar-refractivity contribution in [3.05, 3.63) is 18.0 Å². The van der Waals surface area contributed by atoms with E-state index in [1.54, 1.807) is 0 Å². The summed E-state index contributed by atoms with van der Waals surface area (Å²) < 4.78 is 1.89. The Kier molecular flexibility index (Phi) is 3.99. The van der Waals surface area contributed by atoms with Crippen LogP contribution in [0, 0.1) is 5.92 Å². The van der Waals surface area contributed by atoms with Crippen LogP contribution in [0.1, 0.15) is 38.3 Å². The lowest BCUT2D eigenvalue weighted by atomic mass is 10.0. The average Bonchev–Trinajstić information content (AvgIpc) is 2.98. The molecule has 1 aromatic heterocycles. The van der Waals surface area contributed by atoms with Gasteiger partial charge in [0.1, 0.15) is 0 Å². The standard InChI is InChI=1S/C13H23N3/c1-3-7-14-13(9-11-4-5-11)10-12-6-8-16(2)15-12/h6,8,11,13-14H,3-5,7,9-10H2,1-2H3. The summed E-state index contributed by atoms with van der Waals surface area (Å²) in [4.78, 5) is 0. The molecule has 2 rings (SSSR count). The summed E-state index contributed by atoms with van der Waals surface area (Å²) in [6, 6.07) is 2.76. The third-order valence-corrected chi connectivity index (χ3v) is 3.22. The van der Waals surface area contributed by atoms with Gasteiger partial charge < -0.3 is 5.32 Å². The third-order valence-electron chi connectivity index (χ3n) is 3.22. The van der Waals surface area contributed by atoms with Crippen molar-refractivity contribution in [2.75, 3.05) is 6.54 Å². The van der Waals surface area contributed by atoms with E-state index in [2.05, 4.69) is 23.4 Å². The van der Waals surface area contributed by atoms with Crippen LogP contribution in [0.25, 0.3) is 0 Å². The van der Waals surface area contributed by atoms with E-state index in [9.17, 15) is 0 Å².